The second kappa shape index (κ2) is 12.4. The Labute approximate surface area is 241 Å². The average Bonchev–Trinajstić information content (AvgIpc) is 3.40. The first kappa shape index (κ1) is 28.2. The van der Waals surface area contributed by atoms with Gasteiger partial charge in [-0.3, -0.25) is 9.78 Å². The fourth-order valence-electron chi connectivity index (χ4n) is 5.77. The number of aryl methyl sites for hydroxylation is 3. The summed E-state index contributed by atoms with van der Waals surface area (Å²) in [5.41, 5.74) is 5.74. The number of piperidine rings is 1. The topological polar surface area (TPSA) is 79.8 Å². The number of rotatable bonds is 9. The molecule has 1 aromatic carbocycles. The van der Waals surface area contributed by atoms with Crippen molar-refractivity contribution in [3.8, 4) is 11.5 Å². The van der Waals surface area contributed by atoms with Gasteiger partial charge in [-0.05, 0) is 87.9 Å². The molecule has 4 heterocycles. The molecule has 0 spiro atoms. The second-order valence-corrected chi connectivity index (χ2v) is 11.2. The van der Waals surface area contributed by atoms with Gasteiger partial charge in [-0.1, -0.05) is 11.6 Å². The van der Waals surface area contributed by atoms with Gasteiger partial charge in [-0.15, -0.1) is 0 Å². The van der Waals surface area contributed by atoms with Crippen molar-refractivity contribution in [2.24, 2.45) is 0 Å². The molecule has 8 nitrogen and oxygen atoms in total. The number of nitrogens with zero attached hydrogens (tertiary/aromatic N) is 4. The van der Waals surface area contributed by atoms with Gasteiger partial charge in [0.05, 0.1) is 11.3 Å². The number of likely N-dealkylation sites (tertiary alicyclic amines) is 1. The van der Waals surface area contributed by atoms with Crippen LogP contribution in [0, 0.1) is 20.8 Å². The molecular formula is C31H38ClN5O3. The lowest BCUT2D eigenvalue weighted by atomic mass is 9.98. The predicted molar refractivity (Wildman–Crippen MR) is 157 cm³/mol. The largest absolute Gasteiger partial charge is 0.454 e. The van der Waals surface area contributed by atoms with Crippen LogP contribution in [0.3, 0.4) is 0 Å². The van der Waals surface area contributed by atoms with E-state index in [1.54, 1.807) is 6.07 Å². The van der Waals surface area contributed by atoms with E-state index in [-0.39, 0.29) is 12.7 Å². The minimum atomic E-state index is -0.0878. The zero-order valence-electron chi connectivity index (χ0n) is 23.7. The summed E-state index contributed by atoms with van der Waals surface area (Å²) in [6, 6.07) is 10.8. The van der Waals surface area contributed by atoms with E-state index in [1.165, 1.54) is 11.1 Å². The Morgan fingerprint density at radius 3 is 2.65 bits per heavy atom. The summed E-state index contributed by atoms with van der Waals surface area (Å²) in [5.74, 6) is 1.52. The number of carbonyl (C=O) groups is 1. The number of hydrogen-bond donors (Lipinski definition) is 1. The number of nitrogens with one attached hydrogen (secondary N) is 1. The standard InChI is InChI=1S/C31H38ClN5O3/c1-20-7-11-33-17-24(20)18-37(26-5-6-27-28(16-26)40-19-39-27)25-9-13-36(14-10-25)22(3)8-12-34-31(38)30-21(2)15-29(32)35-23(30)4/h5-7,11,15-17,22,25H,8-10,12-14,18-19H2,1-4H3,(H,34,38). The maximum absolute atomic E-state index is 12.8. The van der Waals surface area contributed by atoms with Gasteiger partial charge in [0.1, 0.15) is 5.15 Å². The Morgan fingerprint density at radius 1 is 1.12 bits per heavy atom. The Morgan fingerprint density at radius 2 is 1.90 bits per heavy atom. The molecule has 1 amide bonds. The highest BCUT2D eigenvalue weighted by Crippen LogP contribution is 2.37. The highest BCUT2D eigenvalue weighted by molar-refractivity contribution is 6.29. The van der Waals surface area contributed by atoms with Gasteiger partial charge in [0.25, 0.3) is 5.91 Å². The molecule has 0 bridgehead atoms. The molecule has 0 saturated carbocycles. The van der Waals surface area contributed by atoms with Crippen molar-refractivity contribution in [2.75, 3.05) is 31.3 Å². The molecule has 1 unspecified atom stereocenters. The Kier molecular flexibility index (Phi) is 8.76. The van der Waals surface area contributed by atoms with Crippen LogP contribution in [0.25, 0.3) is 0 Å². The maximum atomic E-state index is 12.8. The first-order valence-electron chi connectivity index (χ1n) is 14.0. The summed E-state index contributed by atoms with van der Waals surface area (Å²) in [7, 11) is 0. The quantitative estimate of drug-likeness (QED) is 0.346. The van der Waals surface area contributed by atoms with E-state index < -0.39 is 0 Å². The molecule has 212 valence electrons. The van der Waals surface area contributed by atoms with E-state index in [4.69, 9.17) is 21.1 Å². The van der Waals surface area contributed by atoms with Crippen LogP contribution in [0.5, 0.6) is 11.5 Å². The number of benzene rings is 1. The van der Waals surface area contributed by atoms with Gasteiger partial charge in [-0.2, -0.15) is 0 Å². The van der Waals surface area contributed by atoms with E-state index in [9.17, 15) is 4.79 Å². The summed E-state index contributed by atoms with van der Waals surface area (Å²) in [6.07, 6.45) is 6.82. The summed E-state index contributed by atoms with van der Waals surface area (Å²) >= 11 is 6.03. The number of aromatic nitrogens is 2. The van der Waals surface area contributed by atoms with Crippen molar-refractivity contribution in [3.05, 3.63) is 75.8 Å². The highest BCUT2D eigenvalue weighted by atomic mass is 35.5. The van der Waals surface area contributed by atoms with Crippen LogP contribution in [0.4, 0.5) is 5.69 Å². The molecule has 1 saturated heterocycles. The first-order chi connectivity index (χ1) is 19.3. The van der Waals surface area contributed by atoms with Gasteiger partial charge < -0.3 is 24.6 Å². The Bertz CT molecular complexity index is 1340. The molecule has 2 aliphatic heterocycles. The Hall–Kier alpha value is -3.36. The molecule has 5 rings (SSSR count). The molecule has 2 aliphatic rings. The lowest BCUT2D eigenvalue weighted by Crippen LogP contribution is -2.48. The molecule has 40 heavy (non-hydrogen) atoms. The summed E-state index contributed by atoms with van der Waals surface area (Å²) in [5, 5.41) is 3.50. The third kappa shape index (κ3) is 6.34. The number of hydrogen-bond acceptors (Lipinski definition) is 7. The molecule has 1 fully saturated rings. The smallest absolute Gasteiger partial charge is 0.253 e. The van der Waals surface area contributed by atoms with E-state index in [2.05, 4.69) is 57.1 Å². The third-order valence-corrected chi connectivity index (χ3v) is 8.37. The van der Waals surface area contributed by atoms with E-state index in [1.807, 2.05) is 32.3 Å². The van der Waals surface area contributed by atoms with Gasteiger partial charge in [-0.25, -0.2) is 4.98 Å². The zero-order chi connectivity index (χ0) is 28.2. The molecule has 0 aliphatic carbocycles. The third-order valence-electron chi connectivity index (χ3n) is 8.18. The predicted octanol–water partition coefficient (Wildman–Crippen LogP) is 5.46. The SMILES string of the molecule is Cc1ccncc1CN(c1ccc2c(c1)OCO2)C1CCN(C(C)CCNC(=O)c2c(C)cc(Cl)nc2C)CC1. The monoisotopic (exact) mass is 563 g/mol. The van der Waals surface area contributed by atoms with Crippen LogP contribution in [-0.2, 0) is 6.54 Å². The van der Waals surface area contributed by atoms with Crippen LogP contribution >= 0.6 is 11.6 Å². The normalized spacial score (nSPS) is 16.1. The van der Waals surface area contributed by atoms with Gasteiger partial charge in [0.15, 0.2) is 11.5 Å². The fourth-order valence-corrected chi connectivity index (χ4v) is 6.06. The number of halogens is 1. The number of pyridine rings is 2. The minimum absolute atomic E-state index is 0.0878. The van der Waals surface area contributed by atoms with Crippen LogP contribution in [0.1, 0.15) is 58.9 Å². The van der Waals surface area contributed by atoms with E-state index >= 15 is 0 Å². The van der Waals surface area contributed by atoms with Crippen molar-refractivity contribution < 1.29 is 14.3 Å². The first-order valence-corrected chi connectivity index (χ1v) is 14.4. The highest BCUT2D eigenvalue weighted by Gasteiger charge is 2.29. The van der Waals surface area contributed by atoms with Crippen LogP contribution in [0.15, 0.2) is 42.7 Å². The molecule has 2 aromatic heterocycles. The van der Waals surface area contributed by atoms with Crippen molar-refractivity contribution >= 4 is 23.2 Å². The molecule has 0 radical (unpaired) electrons. The van der Waals surface area contributed by atoms with Crippen molar-refractivity contribution in [2.45, 2.75) is 65.6 Å². The van der Waals surface area contributed by atoms with Crippen molar-refractivity contribution in [1.82, 2.24) is 20.2 Å². The van der Waals surface area contributed by atoms with Crippen LogP contribution in [-0.4, -0.2) is 59.3 Å². The molecule has 9 heteroatoms. The van der Waals surface area contributed by atoms with Crippen molar-refractivity contribution in [1.29, 1.82) is 0 Å². The van der Waals surface area contributed by atoms with Crippen molar-refractivity contribution in [3.63, 3.8) is 0 Å². The zero-order valence-corrected chi connectivity index (χ0v) is 24.5. The minimum Gasteiger partial charge on any atom is -0.454 e. The number of anilines is 1. The van der Waals surface area contributed by atoms with Crippen LogP contribution in [0.2, 0.25) is 5.15 Å². The molecule has 3 aromatic rings. The number of amides is 1. The summed E-state index contributed by atoms with van der Waals surface area (Å²) < 4.78 is 11.2. The fraction of sp³-hybridized carbons (Fsp3) is 0.452. The number of carbonyl (C=O) groups excluding carboxylic acids is 1. The lowest BCUT2D eigenvalue weighted by Gasteiger charge is -2.42. The van der Waals surface area contributed by atoms with Crippen LogP contribution < -0.4 is 19.7 Å². The lowest BCUT2D eigenvalue weighted by molar-refractivity contribution is 0.0943. The number of ether oxygens (including phenoxy) is 2. The molecule has 1 N–H and O–H groups in total. The summed E-state index contributed by atoms with van der Waals surface area (Å²) in [4.78, 5) is 26.5. The Balaban J connectivity index is 1.19. The number of fused-ring (bicyclic) bond motifs is 1. The van der Waals surface area contributed by atoms with Gasteiger partial charge in [0, 0.05) is 62.4 Å². The molecule has 1 atom stereocenters. The second-order valence-electron chi connectivity index (χ2n) is 10.9. The summed E-state index contributed by atoms with van der Waals surface area (Å²) in [6.45, 7) is 11.8. The molecular weight excluding hydrogens is 526 g/mol. The van der Waals surface area contributed by atoms with E-state index in [0.717, 1.165) is 61.6 Å². The van der Waals surface area contributed by atoms with Gasteiger partial charge >= 0.3 is 0 Å². The van der Waals surface area contributed by atoms with Gasteiger partial charge in [0.2, 0.25) is 6.79 Å². The maximum Gasteiger partial charge on any atom is 0.253 e. The average molecular weight is 564 g/mol. The van der Waals surface area contributed by atoms with E-state index in [0.29, 0.717) is 35.0 Å².